The monoisotopic (exact) mass is 290 g/mol. The number of rotatable bonds is 9. The van der Waals surface area contributed by atoms with E-state index in [2.05, 4.69) is 0 Å². The molecule has 4 N–H and O–H groups in total. The van der Waals surface area contributed by atoms with E-state index in [1.807, 2.05) is 6.92 Å². The molecule has 0 heterocycles. The Morgan fingerprint density at radius 1 is 1.00 bits per heavy atom. The van der Waals surface area contributed by atoms with Gasteiger partial charge < -0.3 is 20.4 Å². The van der Waals surface area contributed by atoms with Crippen LogP contribution < -0.4 is 0 Å². The van der Waals surface area contributed by atoms with Crippen molar-refractivity contribution in [3.8, 4) is 0 Å². The second kappa shape index (κ2) is 13.8. The predicted molar refractivity (Wildman–Crippen MR) is 81.5 cm³/mol. The summed E-state index contributed by atoms with van der Waals surface area (Å²) in [4.78, 5) is 0. The Balaban J connectivity index is 0.000000796. The first-order valence-electron chi connectivity index (χ1n) is 8.23. The van der Waals surface area contributed by atoms with E-state index in [4.69, 9.17) is 10.2 Å². The predicted octanol–water partition coefficient (Wildman–Crippen LogP) is 2.23. The second-order valence-corrected chi connectivity index (χ2v) is 5.79. The van der Waals surface area contributed by atoms with Crippen LogP contribution >= 0.6 is 0 Å². The minimum atomic E-state index is -0.216. The van der Waals surface area contributed by atoms with Gasteiger partial charge in [-0.15, -0.1) is 0 Å². The molecule has 122 valence electrons. The molecular weight excluding hydrogens is 256 g/mol. The molecule has 3 atom stereocenters. The molecule has 1 aliphatic carbocycles. The van der Waals surface area contributed by atoms with Gasteiger partial charge in [-0.2, -0.15) is 0 Å². The summed E-state index contributed by atoms with van der Waals surface area (Å²) in [6.45, 7) is 2.50. The number of hydrogen-bond acceptors (Lipinski definition) is 4. The van der Waals surface area contributed by atoms with Gasteiger partial charge in [-0.3, -0.25) is 0 Å². The Morgan fingerprint density at radius 2 is 1.70 bits per heavy atom. The van der Waals surface area contributed by atoms with Crippen molar-refractivity contribution >= 4 is 0 Å². The topological polar surface area (TPSA) is 80.9 Å². The third-order valence-electron chi connectivity index (χ3n) is 3.91. The maximum atomic E-state index is 9.75. The molecule has 3 unspecified atom stereocenters. The molecule has 1 saturated carbocycles. The summed E-state index contributed by atoms with van der Waals surface area (Å²) in [5, 5.41) is 35.9. The lowest BCUT2D eigenvalue weighted by Gasteiger charge is -2.16. The van der Waals surface area contributed by atoms with Crippen LogP contribution in [0.25, 0.3) is 0 Å². The average molecular weight is 290 g/mol. The summed E-state index contributed by atoms with van der Waals surface area (Å²) in [5.41, 5.74) is 0. The fourth-order valence-electron chi connectivity index (χ4n) is 2.57. The van der Waals surface area contributed by atoms with E-state index in [9.17, 15) is 10.2 Å². The van der Waals surface area contributed by atoms with E-state index in [-0.39, 0.29) is 18.8 Å². The lowest BCUT2D eigenvalue weighted by atomic mass is 9.96. The van der Waals surface area contributed by atoms with Gasteiger partial charge in [-0.05, 0) is 50.9 Å². The smallest absolute Gasteiger partial charge is 0.0568 e. The molecule has 0 radical (unpaired) electrons. The molecule has 0 amide bonds. The summed E-state index contributed by atoms with van der Waals surface area (Å²) in [5.74, 6) is 0.423. The van der Waals surface area contributed by atoms with Gasteiger partial charge in [0, 0.05) is 13.2 Å². The van der Waals surface area contributed by atoms with Crippen molar-refractivity contribution in [1.29, 1.82) is 0 Å². The molecule has 1 rings (SSSR count). The normalized spacial score (nSPS) is 23.2. The SMILES string of the molecule is CCCO.OCCCCCC(O)CCC1CCCC1O. The fourth-order valence-corrected chi connectivity index (χ4v) is 2.57. The molecule has 4 heteroatoms. The molecular formula is C16H34O4. The maximum Gasteiger partial charge on any atom is 0.0568 e. The number of aliphatic hydroxyl groups is 4. The third kappa shape index (κ3) is 10.6. The first-order valence-corrected chi connectivity index (χ1v) is 8.23. The van der Waals surface area contributed by atoms with E-state index in [0.717, 1.165) is 64.2 Å². The molecule has 0 aliphatic heterocycles. The molecule has 0 aromatic carbocycles. The summed E-state index contributed by atoms with van der Waals surface area (Å²) in [6.07, 6.45) is 9.19. The van der Waals surface area contributed by atoms with Crippen molar-refractivity contribution in [2.45, 2.75) is 83.3 Å². The maximum absolute atomic E-state index is 9.75. The van der Waals surface area contributed by atoms with E-state index >= 15 is 0 Å². The van der Waals surface area contributed by atoms with Crippen LogP contribution in [0.2, 0.25) is 0 Å². The summed E-state index contributed by atoms with van der Waals surface area (Å²) in [6, 6.07) is 0. The third-order valence-corrected chi connectivity index (χ3v) is 3.91. The van der Waals surface area contributed by atoms with Crippen LogP contribution in [0.3, 0.4) is 0 Å². The van der Waals surface area contributed by atoms with Crippen molar-refractivity contribution in [2.75, 3.05) is 13.2 Å². The van der Waals surface area contributed by atoms with Crippen LogP contribution in [-0.4, -0.2) is 45.8 Å². The van der Waals surface area contributed by atoms with Gasteiger partial charge in [0.1, 0.15) is 0 Å². The van der Waals surface area contributed by atoms with Gasteiger partial charge in [0.25, 0.3) is 0 Å². The number of hydrogen-bond donors (Lipinski definition) is 4. The molecule has 0 aromatic heterocycles. The van der Waals surface area contributed by atoms with Gasteiger partial charge in [0.05, 0.1) is 12.2 Å². The highest BCUT2D eigenvalue weighted by Gasteiger charge is 2.25. The summed E-state index contributed by atoms with van der Waals surface area (Å²) >= 11 is 0. The Kier molecular flexibility index (Phi) is 13.7. The van der Waals surface area contributed by atoms with Crippen molar-refractivity contribution < 1.29 is 20.4 Å². The van der Waals surface area contributed by atoms with Crippen molar-refractivity contribution in [2.24, 2.45) is 5.92 Å². The van der Waals surface area contributed by atoms with E-state index < -0.39 is 0 Å². The van der Waals surface area contributed by atoms with Crippen LogP contribution in [0.1, 0.15) is 71.1 Å². The van der Waals surface area contributed by atoms with E-state index in [0.29, 0.717) is 12.5 Å². The molecule has 1 aliphatic rings. The van der Waals surface area contributed by atoms with Crippen LogP contribution in [0.15, 0.2) is 0 Å². The lowest BCUT2D eigenvalue weighted by molar-refractivity contribution is 0.101. The first kappa shape index (κ1) is 19.8. The Morgan fingerprint density at radius 3 is 2.20 bits per heavy atom. The average Bonchev–Trinajstić information content (AvgIpc) is 2.87. The molecule has 0 bridgehead atoms. The highest BCUT2D eigenvalue weighted by Crippen LogP contribution is 2.30. The van der Waals surface area contributed by atoms with Gasteiger partial charge in [-0.25, -0.2) is 0 Å². The van der Waals surface area contributed by atoms with Gasteiger partial charge in [0.2, 0.25) is 0 Å². The number of aliphatic hydroxyl groups excluding tert-OH is 4. The quantitative estimate of drug-likeness (QED) is 0.491. The van der Waals surface area contributed by atoms with Crippen molar-refractivity contribution in [3.05, 3.63) is 0 Å². The summed E-state index contributed by atoms with van der Waals surface area (Å²) < 4.78 is 0. The molecule has 0 aromatic rings. The van der Waals surface area contributed by atoms with Crippen LogP contribution in [0, 0.1) is 5.92 Å². The van der Waals surface area contributed by atoms with E-state index in [1.165, 1.54) is 0 Å². The standard InChI is InChI=1S/C13H26O3.C3H8O/c14-10-3-1-2-6-12(15)9-8-11-5-4-7-13(11)16;1-2-3-4/h11-16H,1-10H2;4H,2-3H2,1H3. The zero-order valence-corrected chi connectivity index (χ0v) is 13.0. The minimum Gasteiger partial charge on any atom is -0.396 e. The highest BCUT2D eigenvalue weighted by atomic mass is 16.3. The van der Waals surface area contributed by atoms with Crippen LogP contribution in [0.4, 0.5) is 0 Å². The first-order chi connectivity index (χ1) is 9.65. The van der Waals surface area contributed by atoms with Gasteiger partial charge in [-0.1, -0.05) is 26.2 Å². The number of unbranched alkanes of at least 4 members (excludes halogenated alkanes) is 2. The highest BCUT2D eigenvalue weighted by molar-refractivity contribution is 4.77. The van der Waals surface area contributed by atoms with Gasteiger partial charge in [0.15, 0.2) is 0 Å². The minimum absolute atomic E-state index is 0.124. The summed E-state index contributed by atoms with van der Waals surface area (Å²) in [7, 11) is 0. The zero-order valence-electron chi connectivity index (χ0n) is 13.0. The fraction of sp³-hybridized carbons (Fsp3) is 1.00. The van der Waals surface area contributed by atoms with Gasteiger partial charge >= 0.3 is 0 Å². The molecule has 0 spiro atoms. The Labute approximate surface area is 123 Å². The molecule has 0 saturated heterocycles. The molecule has 1 fully saturated rings. The lowest BCUT2D eigenvalue weighted by Crippen LogP contribution is -2.16. The second-order valence-electron chi connectivity index (χ2n) is 5.79. The van der Waals surface area contributed by atoms with Crippen molar-refractivity contribution in [3.63, 3.8) is 0 Å². The Hall–Kier alpha value is -0.160. The van der Waals surface area contributed by atoms with E-state index in [1.54, 1.807) is 0 Å². The van der Waals surface area contributed by atoms with Crippen LogP contribution in [-0.2, 0) is 0 Å². The molecule has 4 nitrogen and oxygen atoms in total. The largest absolute Gasteiger partial charge is 0.396 e. The zero-order chi connectivity index (χ0) is 15.2. The van der Waals surface area contributed by atoms with Crippen molar-refractivity contribution in [1.82, 2.24) is 0 Å². The Bertz CT molecular complexity index is 197. The van der Waals surface area contributed by atoms with Crippen LogP contribution in [0.5, 0.6) is 0 Å². The molecule has 20 heavy (non-hydrogen) atoms.